The SMILES string of the molecule is O=C(N/N=C/c1cc(Br)cc([N+](=O)[O-])c1O)c1ccc(NC(=O)c2ccccc2Cl)cc1. The molecular formula is C21H14BrClN4O5. The van der Waals surface area contributed by atoms with Crippen molar-refractivity contribution < 1.29 is 19.6 Å². The van der Waals surface area contributed by atoms with Crippen molar-refractivity contribution in [1.82, 2.24) is 5.43 Å². The van der Waals surface area contributed by atoms with Crippen molar-refractivity contribution in [3.8, 4) is 5.75 Å². The number of phenolic OH excluding ortho intramolecular Hbond substituents is 1. The molecule has 162 valence electrons. The molecule has 9 nitrogen and oxygen atoms in total. The van der Waals surface area contributed by atoms with Crippen LogP contribution in [0.5, 0.6) is 5.75 Å². The van der Waals surface area contributed by atoms with Gasteiger partial charge < -0.3 is 10.4 Å². The third kappa shape index (κ3) is 5.48. The van der Waals surface area contributed by atoms with Gasteiger partial charge in [0.2, 0.25) is 5.75 Å². The molecule has 11 heteroatoms. The predicted octanol–water partition coefficient (Wildman–Crippen LogP) is 4.73. The molecule has 2 amide bonds. The molecule has 3 rings (SSSR count). The molecule has 0 aliphatic heterocycles. The fraction of sp³-hybridized carbons (Fsp3) is 0. The van der Waals surface area contributed by atoms with E-state index >= 15 is 0 Å². The summed E-state index contributed by atoms with van der Waals surface area (Å²) in [6.45, 7) is 0. The number of benzene rings is 3. The maximum atomic E-state index is 12.3. The number of hydrogen-bond acceptors (Lipinski definition) is 6. The molecule has 0 atom stereocenters. The molecule has 3 aromatic carbocycles. The standard InChI is InChI=1S/C21H14BrClN4O5/c22-14-9-13(19(28)18(10-14)27(31)32)11-24-26-20(29)12-5-7-15(8-6-12)25-21(30)16-3-1-2-4-17(16)23/h1-11,28H,(H,25,30)(H,26,29)/b24-11+. The highest BCUT2D eigenvalue weighted by Gasteiger charge is 2.17. The van der Waals surface area contributed by atoms with Gasteiger partial charge in [-0.1, -0.05) is 39.7 Å². The van der Waals surface area contributed by atoms with Crippen LogP contribution in [0.2, 0.25) is 5.02 Å². The van der Waals surface area contributed by atoms with Crippen LogP contribution in [0.1, 0.15) is 26.3 Å². The van der Waals surface area contributed by atoms with Gasteiger partial charge in [0.1, 0.15) is 0 Å². The highest BCUT2D eigenvalue weighted by molar-refractivity contribution is 9.10. The van der Waals surface area contributed by atoms with Crippen LogP contribution in [-0.4, -0.2) is 28.1 Å². The second-order valence-electron chi connectivity index (χ2n) is 6.33. The number of rotatable bonds is 6. The number of nitrogens with zero attached hydrogens (tertiary/aromatic N) is 2. The van der Waals surface area contributed by atoms with Gasteiger partial charge in [-0.15, -0.1) is 0 Å². The summed E-state index contributed by atoms with van der Waals surface area (Å²) in [6, 6.07) is 15.2. The number of hydrogen-bond donors (Lipinski definition) is 3. The van der Waals surface area contributed by atoms with Gasteiger partial charge in [-0.05, 0) is 42.5 Å². The summed E-state index contributed by atoms with van der Waals surface area (Å²) in [6.07, 6.45) is 1.09. The van der Waals surface area contributed by atoms with Crippen molar-refractivity contribution in [2.45, 2.75) is 0 Å². The van der Waals surface area contributed by atoms with Crippen molar-refractivity contribution >= 4 is 56.9 Å². The molecule has 0 fully saturated rings. The van der Waals surface area contributed by atoms with Gasteiger partial charge in [0, 0.05) is 27.4 Å². The van der Waals surface area contributed by atoms with Crippen LogP contribution in [0, 0.1) is 10.1 Å². The zero-order valence-electron chi connectivity index (χ0n) is 16.1. The fourth-order valence-electron chi connectivity index (χ4n) is 2.62. The molecule has 0 saturated heterocycles. The van der Waals surface area contributed by atoms with E-state index in [0.717, 1.165) is 12.3 Å². The lowest BCUT2D eigenvalue weighted by Crippen LogP contribution is -2.18. The van der Waals surface area contributed by atoms with Crippen LogP contribution in [0.3, 0.4) is 0 Å². The quantitative estimate of drug-likeness (QED) is 0.247. The van der Waals surface area contributed by atoms with E-state index in [0.29, 0.717) is 20.7 Å². The number of aromatic hydroxyl groups is 1. The normalized spacial score (nSPS) is 10.7. The Balaban J connectivity index is 1.65. The van der Waals surface area contributed by atoms with Gasteiger partial charge in [0.05, 0.1) is 21.7 Å². The van der Waals surface area contributed by atoms with Gasteiger partial charge in [-0.2, -0.15) is 5.10 Å². The zero-order valence-corrected chi connectivity index (χ0v) is 18.4. The molecule has 0 bridgehead atoms. The molecule has 3 aromatic rings. The summed E-state index contributed by atoms with van der Waals surface area (Å²) in [5.41, 5.74) is 2.85. The maximum absolute atomic E-state index is 12.3. The molecule has 0 unspecified atom stereocenters. The average molecular weight is 518 g/mol. The minimum Gasteiger partial charge on any atom is -0.502 e. The Bertz CT molecular complexity index is 1230. The second kappa shape index (κ2) is 10.0. The third-order valence-corrected chi connectivity index (χ3v) is 4.96. The van der Waals surface area contributed by atoms with E-state index in [-0.39, 0.29) is 17.0 Å². The van der Waals surface area contributed by atoms with Crippen LogP contribution in [-0.2, 0) is 0 Å². The Morgan fingerprint density at radius 2 is 1.78 bits per heavy atom. The van der Waals surface area contributed by atoms with Crippen molar-refractivity contribution in [3.63, 3.8) is 0 Å². The Kier molecular flexibility index (Phi) is 7.18. The van der Waals surface area contributed by atoms with E-state index in [1.54, 1.807) is 24.3 Å². The first kappa shape index (κ1) is 22.9. The van der Waals surface area contributed by atoms with E-state index in [1.165, 1.54) is 30.3 Å². The molecule has 0 aliphatic carbocycles. The number of nitro benzene ring substituents is 1. The van der Waals surface area contributed by atoms with E-state index in [2.05, 4.69) is 31.8 Å². The molecular weight excluding hydrogens is 504 g/mol. The van der Waals surface area contributed by atoms with Crippen LogP contribution >= 0.6 is 27.5 Å². The lowest BCUT2D eigenvalue weighted by Gasteiger charge is -2.07. The topological polar surface area (TPSA) is 134 Å². The molecule has 32 heavy (non-hydrogen) atoms. The van der Waals surface area contributed by atoms with Crippen molar-refractivity contribution in [2.24, 2.45) is 5.10 Å². The number of anilines is 1. The Hall–Kier alpha value is -3.76. The van der Waals surface area contributed by atoms with E-state index in [1.807, 2.05) is 0 Å². The van der Waals surface area contributed by atoms with Crippen LogP contribution in [0.4, 0.5) is 11.4 Å². The average Bonchev–Trinajstić information content (AvgIpc) is 2.76. The van der Waals surface area contributed by atoms with Gasteiger partial charge in [-0.25, -0.2) is 5.43 Å². The number of amides is 2. The van der Waals surface area contributed by atoms with Gasteiger partial charge in [-0.3, -0.25) is 19.7 Å². The largest absolute Gasteiger partial charge is 0.502 e. The minimum absolute atomic E-state index is 0.0454. The number of halogens is 2. The molecule has 0 aliphatic rings. The summed E-state index contributed by atoms with van der Waals surface area (Å²) in [4.78, 5) is 34.8. The number of carbonyl (C=O) groups excluding carboxylic acids is 2. The number of phenols is 1. The maximum Gasteiger partial charge on any atom is 0.312 e. The van der Waals surface area contributed by atoms with Crippen LogP contribution < -0.4 is 10.7 Å². The molecule has 0 spiro atoms. The van der Waals surface area contributed by atoms with E-state index < -0.39 is 22.3 Å². The molecule has 0 heterocycles. The van der Waals surface area contributed by atoms with Crippen LogP contribution in [0.15, 0.2) is 70.2 Å². The summed E-state index contributed by atoms with van der Waals surface area (Å²) in [7, 11) is 0. The summed E-state index contributed by atoms with van der Waals surface area (Å²) >= 11 is 9.12. The van der Waals surface area contributed by atoms with Gasteiger partial charge in [0.15, 0.2) is 0 Å². The Morgan fingerprint density at radius 3 is 2.44 bits per heavy atom. The van der Waals surface area contributed by atoms with E-state index in [4.69, 9.17) is 11.6 Å². The number of nitrogens with one attached hydrogen (secondary N) is 2. The lowest BCUT2D eigenvalue weighted by molar-refractivity contribution is -0.385. The molecule has 0 saturated carbocycles. The predicted molar refractivity (Wildman–Crippen MR) is 123 cm³/mol. The van der Waals surface area contributed by atoms with Crippen molar-refractivity contribution in [1.29, 1.82) is 0 Å². The summed E-state index contributed by atoms with van der Waals surface area (Å²) in [5.74, 6) is -1.52. The first-order chi connectivity index (χ1) is 15.3. The third-order valence-electron chi connectivity index (χ3n) is 4.17. The molecule has 0 radical (unpaired) electrons. The fourth-order valence-corrected chi connectivity index (χ4v) is 3.30. The monoisotopic (exact) mass is 516 g/mol. The minimum atomic E-state index is -0.734. The first-order valence-corrected chi connectivity index (χ1v) is 10.1. The van der Waals surface area contributed by atoms with E-state index in [9.17, 15) is 24.8 Å². The van der Waals surface area contributed by atoms with Gasteiger partial charge >= 0.3 is 5.69 Å². The molecule has 3 N–H and O–H groups in total. The highest BCUT2D eigenvalue weighted by atomic mass is 79.9. The number of hydrazone groups is 1. The first-order valence-electron chi connectivity index (χ1n) is 8.92. The summed E-state index contributed by atoms with van der Waals surface area (Å²) in [5, 5.41) is 27.7. The molecule has 0 aromatic heterocycles. The zero-order chi connectivity index (χ0) is 23.3. The van der Waals surface area contributed by atoms with Gasteiger partial charge in [0.25, 0.3) is 11.8 Å². The van der Waals surface area contributed by atoms with Crippen molar-refractivity contribution in [3.05, 3.63) is 97.0 Å². The smallest absolute Gasteiger partial charge is 0.312 e. The summed E-state index contributed by atoms with van der Waals surface area (Å²) < 4.78 is 0.365. The lowest BCUT2D eigenvalue weighted by atomic mass is 10.1. The number of nitro groups is 1. The second-order valence-corrected chi connectivity index (χ2v) is 7.65. The number of carbonyl (C=O) groups is 2. The van der Waals surface area contributed by atoms with Crippen molar-refractivity contribution in [2.75, 3.05) is 5.32 Å². The highest BCUT2D eigenvalue weighted by Crippen LogP contribution is 2.32. The Labute approximate surface area is 195 Å². The van der Waals surface area contributed by atoms with Crippen LogP contribution in [0.25, 0.3) is 0 Å². The Morgan fingerprint density at radius 1 is 1.09 bits per heavy atom.